The zero-order chi connectivity index (χ0) is 14.2. The van der Waals surface area contributed by atoms with Gasteiger partial charge in [-0.25, -0.2) is 8.42 Å². The Labute approximate surface area is 118 Å². The second-order valence-corrected chi connectivity index (χ2v) is 7.26. The van der Waals surface area contributed by atoms with Gasteiger partial charge >= 0.3 is 0 Å². The van der Waals surface area contributed by atoms with Crippen molar-refractivity contribution in [3.8, 4) is 6.07 Å². The van der Waals surface area contributed by atoms with E-state index in [-0.39, 0.29) is 21.5 Å². The zero-order valence-electron chi connectivity index (χ0n) is 10.8. The molecule has 1 aromatic carbocycles. The van der Waals surface area contributed by atoms with E-state index in [9.17, 15) is 8.42 Å². The highest BCUT2D eigenvalue weighted by Crippen LogP contribution is 2.36. The zero-order valence-corrected chi connectivity index (χ0v) is 12.4. The van der Waals surface area contributed by atoms with Crippen LogP contribution in [0.3, 0.4) is 0 Å². The molecule has 1 aliphatic rings. The number of rotatable bonds is 4. The molecule has 102 valence electrons. The molecule has 2 rings (SSSR count). The summed E-state index contributed by atoms with van der Waals surface area (Å²) in [6.07, 6.45) is 2.16. The topological polar surface area (TPSA) is 61.2 Å². The first-order valence-electron chi connectivity index (χ1n) is 6.05. The lowest BCUT2D eigenvalue weighted by Crippen LogP contribution is -2.36. The number of hydrogen-bond donors (Lipinski definition) is 0. The highest BCUT2D eigenvalue weighted by atomic mass is 35.5. The van der Waals surface area contributed by atoms with Crippen molar-refractivity contribution in [3.05, 3.63) is 28.8 Å². The second kappa shape index (κ2) is 5.12. The molecule has 0 radical (unpaired) electrons. The fraction of sp³-hybridized carbons (Fsp3) is 0.462. The average molecular weight is 299 g/mol. The molecule has 4 nitrogen and oxygen atoms in total. The summed E-state index contributed by atoms with van der Waals surface area (Å²) in [5.74, 6) is 0.452. The first-order chi connectivity index (χ1) is 8.87. The maximum Gasteiger partial charge on any atom is 0.243 e. The van der Waals surface area contributed by atoms with E-state index in [1.165, 1.54) is 22.5 Å². The normalized spacial score (nSPS) is 17.2. The van der Waals surface area contributed by atoms with Crippen LogP contribution >= 0.6 is 11.6 Å². The third kappa shape index (κ3) is 2.76. The summed E-state index contributed by atoms with van der Waals surface area (Å²) in [7, 11) is -1.96. The van der Waals surface area contributed by atoms with Crippen LogP contribution in [0.5, 0.6) is 0 Å². The van der Waals surface area contributed by atoms with Gasteiger partial charge in [-0.3, -0.25) is 0 Å². The van der Waals surface area contributed by atoms with E-state index in [0.29, 0.717) is 5.92 Å². The van der Waals surface area contributed by atoms with Crippen molar-refractivity contribution < 1.29 is 8.42 Å². The fourth-order valence-corrected chi connectivity index (χ4v) is 3.74. The van der Waals surface area contributed by atoms with E-state index in [1.54, 1.807) is 7.05 Å². The van der Waals surface area contributed by atoms with Crippen LogP contribution in [0, 0.1) is 17.2 Å². The summed E-state index contributed by atoms with van der Waals surface area (Å²) in [4.78, 5) is 0.131. The van der Waals surface area contributed by atoms with Gasteiger partial charge in [-0.15, -0.1) is 0 Å². The quantitative estimate of drug-likeness (QED) is 0.858. The Bertz CT molecular complexity index is 633. The maximum atomic E-state index is 12.4. The van der Waals surface area contributed by atoms with E-state index in [4.69, 9.17) is 16.9 Å². The van der Waals surface area contributed by atoms with Gasteiger partial charge in [-0.05, 0) is 43.9 Å². The predicted molar refractivity (Wildman–Crippen MR) is 73.3 cm³/mol. The van der Waals surface area contributed by atoms with Crippen LogP contribution in [0.15, 0.2) is 23.1 Å². The van der Waals surface area contributed by atoms with Gasteiger partial charge in [0.05, 0.1) is 15.5 Å². The van der Waals surface area contributed by atoms with Crippen molar-refractivity contribution in [2.45, 2.75) is 30.7 Å². The third-order valence-electron chi connectivity index (χ3n) is 3.62. The molecule has 1 atom stereocenters. The molecule has 0 aliphatic heterocycles. The van der Waals surface area contributed by atoms with Crippen LogP contribution in [0.2, 0.25) is 5.02 Å². The Kier molecular flexibility index (Phi) is 3.86. The van der Waals surface area contributed by atoms with Crippen molar-refractivity contribution in [2.24, 2.45) is 5.92 Å². The highest BCUT2D eigenvalue weighted by Gasteiger charge is 2.36. The van der Waals surface area contributed by atoms with Gasteiger partial charge in [0.15, 0.2) is 0 Å². The van der Waals surface area contributed by atoms with Crippen LogP contribution in [0.4, 0.5) is 0 Å². The molecule has 0 heterocycles. The molecule has 0 aromatic heterocycles. The summed E-state index contributed by atoms with van der Waals surface area (Å²) >= 11 is 5.89. The molecule has 19 heavy (non-hydrogen) atoms. The molecule has 0 spiro atoms. The summed E-state index contributed by atoms with van der Waals surface area (Å²) in [5, 5.41) is 8.96. The van der Waals surface area contributed by atoms with Crippen LogP contribution < -0.4 is 0 Å². The minimum absolute atomic E-state index is 0.0144. The van der Waals surface area contributed by atoms with Gasteiger partial charge in [-0.2, -0.15) is 9.57 Å². The number of benzene rings is 1. The van der Waals surface area contributed by atoms with Gasteiger partial charge in [0.25, 0.3) is 0 Å². The number of nitrogens with zero attached hydrogens (tertiary/aromatic N) is 2. The molecule has 0 saturated heterocycles. The molecule has 1 aromatic rings. The standard InChI is InChI=1S/C13H15ClN2O2S/c1-9(10-3-4-10)16(2)19(17,18)12-6-5-11(8-15)13(14)7-12/h5-7,9-10H,3-4H2,1-2H3. The smallest absolute Gasteiger partial charge is 0.207 e. The number of halogens is 1. The Morgan fingerprint density at radius 2 is 2.11 bits per heavy atom. The van der Waals surface area contributed by atoms with Crippen LogP contribution in [-0.2, 0) is 10.0 Å². The van der Waals surface area contributed by atoms with Gasteiger partial charge < -0.3 is 0 Å². The molecule has 0 N–H and O–H groups in total. The lowest BCUT2D eigenvalue weighted by molar-refractivity contribution is 0.357. The lowest BCUT2D eigenvalue weighted by atomic mass is 10.2. The second-order valence-electron chi connectivity index (χ2n) is 4.85. The molecule has 0 bridgehead atoms. The fourth-order valence-electron chi connectivity index (χ4n) is 2.01. The minimum atomic E-state index is -3.55. The third-order valence-corrected chi connectivity index (χ3v) is 5.87. The number of hydrogen-bond acceptors (Lipinski definition) is 3. The average Bonchev–Trinajstić information content (AvgIpc) is 3.21. The molecular formula is C13H15ClN2O2S. The van der Waals surface area contributed by atoms with E-state index in [0.717, 1.165) is 12.8 Å². The largest absolute Gasteiger partial charge is 0.243 e. The molecule has 1 unspecified atom stereocenters. The highest BCUT2D eigenvalue weighted by molar-refractivity contribution is 7.89. The molecule has 1 fully saturated rings. The first-order valence-corrected chi connectivity index (χ1v) is 7.87. The van der Waals surface area contributed by atoms with Gasteiger partial charge in [0, 0.05) is 13.1 Å². The Hall–Kier alpha value is -1.09. The van der Waals surface area contributed by atoms with Gasteiger partial charge in [0.2, 0.25) is 10.0 Å². The molecule has 1 aliphatic carbocycles. The van der Waals surface area contributed by atoms with Crippen molar-refractivity contribution in [1.29, 1.82) is 5.26 Å². The Morgan fingerprint density at radius 3 is 2.58 bits per heavy atom. The number of nitriles is 1. The Morgan fingerprint density at radius 1 is 1.47 bits per heavy atom. The van der Waals surface area contributed by atoms with Crippen molar-refractivity contribution >= 4 is 21.6 Å². The SMILES string of the molecule is CC(C1CC1)N(C)S(=O)(=O)c1ccc(C#N)c(Cl)c1. The summed E-state index contributed by atoms with van der Waals surface area (Å²) in [5.41, 5.74) is 0.276. The van der Waals surface area contributed by atoms with Gasteiger partial charge in [-0.1, -0.05) is 11.6 Å². The van der Waals surface area contributed by atoms with E-state index in [1.807, 2.05) is 13.0 Å². The van der Waals surface area contributed by atoms with Crippen molar-refractivity contribution in [2.75, 3.05) is 7.05 Å². The summed E-state index contributed by atoms with van der Waals surface area (Å²) < 4.78 is 26.3. The monoisotopic (exact) mass is 298 g/mol. The predicted octanol–water partition coefficient (Wildman–Crippen LogP) is 2.63. The molecule has 0 amide bonds. The van der Waals surface area contributed by atoms with E-state index < -0.39 is 10.0 Å². The first kappa shape index (κ1) is 14.3. The maximum absolute atomic E-state index is 12.4. The Balaban J connectivity index is 2.33. The van der Waals surface area contributed by atoms with Crippen molar-refractivity contribution in [3.63, 3.8) is 0 Å². The van der Waals surface area contributed by atoms with E-state index in [2.05, 4.69) is 0 Å². The van der Waals surface area contributed by atoms with Crippen LogP contribution in [0.1, 0.15) is 25.3 Å². The van der Waals surface area contributed by atoms with Crippen LogP contribution in [-0.4, -0.2) is 25.8 Å². The number of sulfonamides is 1. The van der Waals surface area contributed by atoms with Crippen LogP contribution in [0.25, 0.3) is 0 Å². The molecule has 6 heteroatoms. The van der Waals surface area contributed by atoms with Crippen molar-refractivity contribution in [1.82, 2.24) is 4.31 Å². The minimum Gasteiger partial charge on any atom is -0.207 e. The summed E-state index contributed by atoms with van der Waals surface area (Å²) in [6, 6.07) is 6.10. The summed E-state index contributed by atoms with van der Waals surface area (Å²) in [6.45, 7) is 1.92. The molecule has 1 saturated carbocycles. The van der Waals surface area contributed by atoms with Gasteiger partial charge in [0.1, 0.15) is 6.07 Å². The molecular weight excluding hydrogens is 284 g/mol. The lowest BCUT2D eigenvalue weighted by Gasteiger charge is -2.24. The van der Waals surface area contributed by atoms with E-state index >= 15 is 0 Å².